The number of hydrogen-bond donors (Lipinski definition) is 1. The molecule has 2 bridgehead atoms. The number of imide groups is 1. The van der Waals surface area contributed by atoms with Gasteiger partial charge in [0, 0.05) is 12.8 Å². The van der Waals surface area contributed by atoms with Gasteiger partial charge < -0.3 is 14.6 Å². The molecule has 1 N–H and O–H groups in total. The summed E-state index contributed by atoms with van der Waals surface area (Å²) < 4.78 is 25.3. The maximum atomic E-state index is 13.9. The molecule has 6 rings (SSSR count). The Morgan fingerprint density at radius 1 is 1.08 bits per heavy atom. The summed E-state index contributed by atoms with van der Waals surface area (Å²) in [4.78, 5) is 32.5. The molecule has 0 saturated carbocycles. The number of anilines is 1. The zero-order valence-corrected chi connectivity index (χ0v) is 19.5. The molecule has 36 heavy (non-hydrogen) atoms. The van der Waals surface area contributed by atoms with Crippen molar-refractivity contribution >= 4 is 34.0 Å². The Labute approximate surface area is 206 Å². The van der Waals surface area contributed by atoms with Crippen molar-refractivity contribution in [2.75, 3.05) is 11.5 Å². The fourth-order valence-corrected chi connectivity index (χ4v) is 6.29. The molecule has 3 fully saturated rings. The smallest absolute Gasteiger partial charge is 0.240 e. The molecule has 5 atom stereocenters. The predicted octanol–water partition coefficient (Wildman–Crippen LogP) is 4.40. The SMILES string of the molecule is [C-]#[N+]c1ccc(N2C(=O)[C@@H]3[C@H](C2=O)C2(C)OC3(CCOc3ccc(F)cc3)C[C@H]2O)c2ccccc12. The van der Waals surface area contributed by atoms with Gasteiger partial charge in [-0.25, -0.2) is 14.1 Å². The first-order valence-corrected chi connectivity index (χ1v) is 11.8. The van der Waals surface area contributed by atoms with Crippen LogP contribution < -0.4 is 9.64 Å². The quantitative estimate of drug-likeness (QED) is 0.427. The van der Waals surface area contributed by atoms with Gasteiger partial charge in [0.15, 0.2) is 5.69 Å². The Bertz CT molecular complexity index is 1450. The zero-order valence-electron chi connectivity index (χ0n) is 19.5. The van der Waals surface area contributed by atoms with Gasteiger partial charge in [-0.05, 0) is 48.0 Å². The molecule has 3 aromatic carbocycles. The molecule has 0 aromatic heterocycles. The van der Waals surface area contributed by atoms with Gasteiger partial charge in [0.05, 0.1) is 42.4 Å². The van der Waals surface area contributed by atoms with Crippen molar-refractivity contribution in [3.63, 3.8) is 0 Å². The van der Waals surface area contributed by atoms with Crippen molar-refractivity contribution in [1.82, 2.24) is 0 Å². The predicted molar refractivity (Wildman–Crippen MR) is 129 cm³/mol. The van der Waals surface area contributed by atoms with Gasteiger partial charge in [-0.15, -0.1) is 0 Å². The molecule has 3 aliphatic rings. The lowest BCUT2D eigenvalue weighted by molar-refractivity contribution is -0.134. The average Bonchev–Trinajstić information content (AvgIpc) is 3.41. The number of carbonyl (C=O) groups is 2. The van der Waals surface area contributed by atoms with Crippen LogP contribution in [-0.4, -0.2) is 40.8 Å². The number of ether oxygens (including phenoxy) is 2. The second-order valence-corrected chi connectivity index (χ2v) is 9.85. The van der Waals surface area contributed by atoms with E-state index >= 15 is 0 Å². The summed E-state index contributed by atoms with van der Waals surface area (Å²) in [5.41, 5.74) is -1.40. The van der Waals surface area contributed by atoms with E-state index < -0.39 is 35.0 Å². The normalized spacial score (nSPS) is 30.6. The van der Waals surface area contributed by atoms with Crippen LogP contribution in [0.25, 0.3) is 15.6 Å². The van der Waals surface area contributed by atoms with Crippen LogP contribution in [0.3, 0.4) is 0 Å². The van der Waals surface area contributed by atoms with E-state index in [1.54, 1.807) is 37.3 Å². The van der Waals surface area contributed by atoms with Crippen LogP contribution in [0.4, 0.5) is 15.8 Å². The fourth-order valence-electron chi connectivity index (χ4n) is 6.29. The molecular weight excluding hydrogens is 463 g/mol. The molecular formula is C28H23FN2O5. The van der Waals surface area contributed by atoms with Crippen LogP contribution in [0.2, 0.25) is 0 Å². The highest BCUT2D eigenvalue weighted by Gasteiger charge is 2.77. The first-order chi connectivity index (χ1) is 17.3. The number of carbonyl (C=O) groups excluding carboxylic acids is 2. The van der Waals surface area contributed by atoms with E-state index in [1.165, 1.54) is 29.2 Å². The molecule has 0 aliphatic carbocycles. The number of hydrogen-bond acceptors (Lipinski definition) is 5. The van der Waals surface area contributed by atoms with Gasteiger partial charge in [0.2, 0.25) is 11.8 Å². The molecule has 3 saturated heterocycles. The van der Waals surface area contributed by atoms with Crippen molar-refractivity contribution < 1.29 is 28.6 Å². The number of nitrogens with zero attached hydrogens (tertiary/aromatic N) is 2. The van der Waals surface area contributed by atoms with E-state index in [1.807, 2.05) is 6.07 Å². The number of fused-ring (bicyclic) bond motifs is 6. The van der Waals surface area contributed by atoms with Crippen LogP contribution >= 0.6 is 0 Å². The average molecular weight is 486 g/mol. The van der Waals surface area contributed by atoms with Gasteiger partial charge in [-0.2, -0.15) is 0 Å². The Balaban J connectivity index is 1.35. The van der Waals surface area contributed by atoms with E-state index in [-0.39, 0.29) is 31.2 Å². The summed E-state index contributed by atoms with van der Waals surface area (Å²) in [6.07, 6.45) is -0.424. The summed E-state index contributed by atoms with van der Waals surface area (Å²) >= 11 is 0. The summed E-state index contributed by atoms with van der Waals surface area (Å²) in [6.45, 7) is 9.33. The third-order valence-corrected chi connectivity index (χ3v) is 7.96. The Morgan fingerprint density at radius 3 is 2.50 bits per heavy atom. The minimum absolute atomic E-state index is 0.168. The summed E-state index contributed by atoms with van der Waals surface area (Å²) in [5.74, 6) is -2.28. The molecule has 0 spiro atoms. The Kier molecular flexibility index (Phi) is 4.94. The third-order valence-electron chi connectivity index (χ3n) is 7.96. The lowest BCUT2D eigenvalue weighted by Crippen LogP contribution is -2.49. The number of benzene rings is 3. The van der Waals surface area contributed by atoms with Crippen LogP contribution in [0, 0.1) is 24.2 Å². The molecule has 3 aliphatic heterocycles. The second kappa shape index (κ2) is 7.85. The maximum absolute atomic E-state index is 13.9. The number of aliphatic hydroxyl groups excluding tert-OH is 1. The van der Waals surface area contributed by atoms with Crippen LogP contribution in [0.5, 0.6) is 5.75 Å². The number of halogens is 1. The molecule has 2 amide bonds. The summed E-state index contributed by atoms with van der Waals surface area (Å²) in [6, 6.07) is 16.1. The Morgan fingerprint density at radius 2 is 1.78 bits per heavy atom. The van der Waals surface area contributed by atoms with Crippen molar-refractivity contribution in [3.8, 4) is 5.75 Å². The largest absolute Gasteiger partial charge is 0.493 e. The molecule has 2 unspecified atom stereocenters. The second-order valence-electron chi connectivity index (χ2n) is 9.85. The van der Waals surface area contributed by atoms with E-state index in [0.29, 0.717) is 27.9 Å². The Hall–Kier alpha value is -3.80. The number of amides is 2. The highest BCUT2D eigenvalue weighted by Crippen LogP contribution is 2.62. The molecule has 8 heteroatoms. The minimum atomic E-state index is -1.20. The first kappa shape index (κ1) is 22.7. The van der Waals surface area contributed by atoms with Crippen LogP contribution in [0.1, 0.15) is 19.8 Å². The monoisotopic (exact) mass is 486 g/mol. The topological polar surface area (TPSA) is 80.4 Å². The first-order valence-electron chi connectivity index (χ1n) is 11.8. The minimum Gasteiger partial charge on any atom is -0.493 e. The van der Waals surface area contributed by atoms with Gasteiger partial charge in [0.1, 0.15) is 17.2 Å². The fraction of sp³-hybridized carbons (Fsp3) is 0.321. The molecule has 0 radical (unpaired) electrons. The highest BCUT2D eigenvalue weighted by molar-refractivity contribution is 6.26. The number of rotatable bonds is 5. The molecule has 182 valence electrons. The zero-order chi connectivity index (χ0) is 25.2. The standard InChI is InChI=1S/C28H23FN2O5/c1-27-22(32)15-28(36-27,13-14-35-17-9-7-16(29)8-10-17)24-23(27)25(33)31(26(24)34)21-12-11-20(30-2)18-5-3-4-6-19(18)21/h3-12,22-24,32H,13-15H2,1H3/t22-,23-,24+,27?,28?/m1/s1. The van der Waals surface area contributed by atoms with Crippen LogP contribution in [0.15, 0.2) is 60.7 Å². The summed E-state index contributed by atoms with van der Waals surface area (Å²) in [5, 5.41) is 12.2. The van der Waals surface area contributed by atoms with Crippen LogP contribution in [-0.2, 0) is 14.3 Å². The van der Waals surface area contributed by atoms with Gasteiger partial charge in [0.25, 0.3) is 0 Å². The van der Waals surface area contributed by atoms with Gasteiger partial charge in [-0.1, -0.05) is 30.3 Å². The lowest BCUT2D eigenvalue weighted by atomic mass is 9.66. The lowest BCUT2D eigenvalue weighted by Gasteiger charge is -2.33. The molecule has 7 nitrogen and oxygen atoms in total. The molecule has 3 aromatic rings. The van der Waals surface area contributed by atoms with Crippen molar-refractivity contribution in [1.29, 1.82) is 0 Å². The van der Waals surface area contributed by atoms with Gasteiger partial charge >= 0.3 is 0 Å². The van der Waals surface area contributed by atoms with Crippen molar-refractivity contribution in [3.05, 3.63) is 77.9 Å². The maximum Gasteiger partial charge on any atom is 0.240 e. The molecule has 3 heterocycles. The van der Waals surface area contributed by atoms with Gasteiger partial charge in [-0.3, -0.25) is 9.59 Å². The van der Waals surface area contributed by atoms with E-state index in [2.05, 4.69) is 4.85 Å². The summed E-state index contributed by atoms with van der Waals surface area (Å²) in [7, 11) is 0. The highest BCUT2D eigenvalue weighted by atomic mass is 19.1. The number of aliphatic hydroxyl groups is 1. The van der Waals surface area contributed by atoms with E-state index in [9.17, 15) is 19.1 Å². The van der Waals surface area contributed by atoms with Crippen molar-refractivity contribution in [2.24, 2.45) is 11.8 Å². The third kappa shape index (κ3) is 3.03. The van der Waals surface area contributed by atoms with E-state index in [4.69, 9.17) is 16.0 Å². The van der Waals surface area contributed by atoms with Crippen molar-refractivity contribution in [2.45, 2.75) is 37.1 Å². The van der Waals surface area contributed by atoms with E-state index in [0.717, 1.165) is 0 Å².